The van der Waals surface area contributed by atoms with E-state index in [4.69, 9.17) is 4.74 Å². The normalized spacial score (nSPS) is 17.6. The average Bonchev–Trinajstić information content (AvgIpc) is 3.11. The molecule has 0 atom stereocenters. The summed E-state index contributed by atoms with van der Waals surface area (Å²) in [6.07, 6.45) is 2.89. The van der Waals surface area contributed by atoms with Crippen LogP contribution in [0.25, 0.3) is 0 Å². The Labute approximate surface area is 130 Å². The molecule has 0 saturated carbocycles. The molecule has 3 rings (SSSR count). The highest BCUT2D eigenvalue weighted by Gasteiger charge is 2.21. The van der Waals surface area contributed by atoms with Crippen molar-refractivity contribution in [3.63, 3.8) is 0 Å². The molecular weight excluding hydrogens is 304 g/mol. The lowest BCUT2D eigenvalue weighted by Gasteiger charge is -2.15. The van der Waals surface area contributed by atoms with E-state index in [1.54, 1.807) is 23.1 Å². The fourth-order valence-corrected chi connectivity index (χ4v) is 3.95. The second-order valence-corrected chi connectivity index (χ2v) is 7.37. The molecular formula is C15H20N2O4S. The van der Waals surface area contributed by atoms with Crippen LogP contribution in [0.5, 0.6) is 5.75 Å². The molecule has 0 unspecified atom stereocenters. The van der Waals surface area contributed by atoms with Gasteiger partial charge in [-0.2, -0.15) is 0 Å². The third kappa shape index (κ3) is 3.25. The van der Waals surface area contributed by atoms with Gasteiger partial charge < -0.3 is 9.64 Å². The van der Waals surface area contributed by atoms with Crippen LogP contribution in [-0.4, -0.2) is 45.5 Å². The summed E-state index contributed by atoms with van der Waals surface area (Å²) in [5, 5.41) is 0. The lowest BCUT2D eigenvalue weighted by molar-refractivity contribution is -0.127. The van der Waals surface area contributed by atoms with Crippen LogP contribution in [0.15, 0.2) is 23.1 Å². The van der Waals surface area contributed by atoms with E-state index < -0.39 is 10.0 Å². The first kappa shape index (κ1) is 15.3. The molecule has 0 aromatic heterocycles. The molecule has 1 N–H and O–H groups in total. The Hall–Kier alpha value is -1.60. The van der Waals surface area contributed by atoms with Gasteiger partial charge in [-0.05, 0) is 36.6 Å². The monoisotopic (exact) mass is 324 g/mol. The summed E-state index contributed by atoms with van der Waals surface area (Å²) >= 11 is 0. The smallest absolute Gasteiger partial charge is 0.240 e. The Balaban J connectivity index is 1.54. The van der Waals surface area contributed by atoms with E-state index in [-0.39, 0.29) is 10.8 Å². The molecule has 0 bridgehead atoms. The van der Waals surface area contributed by atoms with Gasteiger partial charge in [-0.25, -0.2) is 13.1 Å². The summed E-state index contributed by atoms with van der Waals surface area (Å²) in [6.45, 7) is 2.34. The van der Waals surface area contributed by atoms with Crippen LogP contribution in [0, 0.1) is 0 Å². The third-order valence-corrected chi connectivity index (χ3v) is 5.50. The zero-order valence-corrected chi connectivity index (χ0v) is 13.2. The first-order chi connectivity index (χ1) is 10.6. The summed E-state index contributed by atoms with van der Waals surface area (Å²) in [5.74, 6) is 0.938. The highest BCUT2D eigenvalue weighted by Crippen LogP contribution is 2.27. The SMILES string of the molecule is O=C1CCCN1CCCNS(=O)(=O)c1ccc2c(c1)CCO2. The van der Waals surface area contributed by atoms with Crippen LogP contribution in [0.4, 0.5) is 0 Å². The molecule has 1 aromatic rings. The van der Waals surface area contributed by atoms with Crippen LogP contribution in [0.2, 0.25) is 0 Å². The molecule has 7 heteroatoms. The van der Waals surface area contributed by atoms with Crippen LogP contribution in [-0.2, 0) is 21.2 Å². The molecule has 22 heavy (non-hydrogen) atoms. The maximum atomic E-state index is 12.3. The minimum atomic E-state index is -3.50. The van der Waals surface area contributed by atoms with Crippen molar-refractivity contribution in [1.82, 2.24) is 9.62 Å². The fourth-order valence-electron chi connectivity index (χ4n) is 2.83. The fraction of sp³-hybridized carbons (Fsp3) is 0.533. The number of amides is 1. The van der Waals surface area contributed by atoms with Gasteiger partial charge in [-0.1, -0.05) is 0 Å². The van der Waals surface area contributed by atoms with E-state index >= 15 is 0 Å². The maximum absolute atomic E-state index is 12.3. The van der Waals surface area contributed by atoms with E-state index in [0.29, 0.717) is 32.5 Å². The molecule has 0 spiro atoms. The largest absolute Gasteiger partial charge is 0.493 e. The standard InChI is InChI=1S/C15H20N2O4S/c18-15-3-1-8-17(15)9-2-7-16-22(19,20)13-4-5-14-12(11-13)6-10-21-14/h4-5,11,16H,1-3,6-10H2. The minimum Gasteiger partial charge on any atom is -0.493 e. The van der Waals surface area contributed by atoms with Gasteiger partial charge >= 0.3 is 0 Å². The van der Waals surface area contributed by atoms with E-state index in [0.717, 1.165) is 30.7 Å². The van der Waals surface area contributed by atoms with Crippen molar-refractivity contribution in [2.45, 2.75) is 30.6 Å². The first-order valence-electron chi connectivity index (χ1n) is 7.59. The molecule has 0 radical (unpaired) electrons. The molecule has 2 aliphatic heterocycles. The number of sulfonamides is 1. The summed E-state index contributed by atoms with van der Waals surface area (Å²) in [5.41, 5.74) is 0.936. The zero-order chi connectivity index (χ0) is 15.6. The Kier molecular flexibility index (Phi) is 4.35. The number of carbonyl (C=O) groups is 1. The van der Waals surface area contributed by atoms with Gasteiger partial charge in [0.2, 0.25) is 15.9 Å². The first-order valence-corrected chi connectivity index (χ1v) is 9.08. The summed E-state index contributed by atoms with van der Waals surface area (Å²) in [4.78, 5) is 13.5. The zero-order valence-electron chi connectivity index (χ0n) is 12.4. The van der Waals surface area contributed by atoms with Crippen molar-refractivity contribution in [3.8, 4) is 5.75 Å². The molecule has 1 aromatic carbocycles. The molecule has 1 amide bonds. The van der Waals surface area contributed by atoms with Gasteiger partial charge in [0.05, 0.1) is 11.5 Å². The predicted molar refractivity (Wildman–Crippen MR) is 81.3 cm³/mol. The third-order valence-electron chi connectivity index (χ3n) is 4.04. The summed E-state index contributed by atoms with van der Waals surface area (Å²) in [7, 11) is -3.50. The van der Waals surface area contributed by atoms with Crippen LogP contribution < -0.4 is 9.46 Å². The molecule has 2 heterocycles. The van der Waals surface area contributed by atoms with Gasteiger partial charge in [-0.15, -0.1) is 0 Å². The Morgan fingerprint density at radius 3 is 2.91 bits per heavy atom. The Morgan fingerprint density at radius 1 is 1.27 bits per heavy atom. The Bertz CT molecular complexity index is 672. The number of nitrogens with one attached hydrogen (secondary N) is 1. The minimum absolute atomic E-state index is 0.168. The molecule has 1 saturated heterocycles. The van der Waals surface area contributed by atoms with Crippen LogP contribution in [0.1, 0.15) is 24.8 Å². The highest BCUT2D eigenvalue weighted by molar-refractivity contribution is 7.89. The molecule has 2 aliphatic rings. The number of fused-ring (bicyclic) bond motifs is 1. The summed E-state index contributed by atoms with van der Waals surface area (Å²) in [6, 6.07) is 4.95. The predicted octanol–water partition coefficient (Wildman–Crippen LogP) is 0.912. The van der Waals surface area contributed by atoms with E-state index in [9.17, 15) is 13.2 Å². The van der Waals surface area contributed by atoms with Gasteiger partial charge in [0.15, 0.2) is 0 Å². The maximum Gasteiger partial charge on any atom is 0.240 e. The lowest BCUT2D eigenvalue weighted by atomic mass is 10.2. The van der Waals surface area contributed by atoms with E-state index in [1.165, 1.54) is 0 Å². The van der Waals surface area contributed by atoms with Crippen molar-refractivity contribution in [2.24, 2.45) is 0 Å². The number of nitrogens with zero attached hydrogens (tertiary/aromatic N) is 1. The van der Waals surface area contributed by atoms with E-state index in [1.807, 2.05) is 0 Å². The van der Waals surface area contributed by atoms with Crippen LogP contribution >= 0.6 is 0 Å². The van der Waals surface area contributed by atoms with Crippen molar-refractivity contribution in [2.75, 3.05) is 26.2 Å². The number of benzene rings is 1. The average molecular weight is 324 g/mol. The number of hydrogen-bond donors (Lipinski definition) is 1. The molecule has 120 valence electrons. The van der Waals surface area contributed by atoms with Gasteiger partial charge in [0, 0.05) is 32.5 Å². The van der Waals surface area contributed by atoms with Crippen molar-refractivity contribution >= 4 is 15.9 Å². The molecule has 6 nitrogen and oxygen atoms in total. The Morgan fingerprint density at radius 2 is 2.14 bits per heavy atom. The van der Waals surface area contributed by atoms with Crippen LogP contribution in [0.3, 0.4) is 0 Å². The number of ether oxygens (including phenoxy) is 1. The highest BCUT2D eigenvalue weighted by atomic mass is 32.2. The molecule has 1 fully saturated rings. The quantitative estimate of drug-likeness (QED) is 0.789. The second-order valence-electron chi connectivity index (χ2n) is 5.60. The van der Waals surface area contributed by atoms with Gasteiger partial charge in [0.1, 0.15) is 5.75 Å². The number of likely N-dealkylation sites (tertiary alicyclic amines) is 1. The van der Waals surface area contributed by atoms with Gasteiger partial charge in [0.25, 0.3) is 0 Å². The van der Waals surface area contributed by atoms with Gasteiger partial charge in [-0.3, -0.25) is 4.79 Å². The molecule has 0 aliphatic carbocycles. The second kappa shape index (κ2) is 6.26. The van der Waals surface area contributed by atoms with E-state index in [2.05, 4.69) is 4.72 Å². The van der Waals surface area contributed by atoms with Crippen molar-refractivity contribution in [1.29, 1.82) is 0 Å². The summed E-state index contributed by atoms with van der Waals surface area (Å²) < 4.78 is 32.5. The topological polar surface area (TPSA) is 75.7 Å². The number of carbonyl (C=O) groups excluding carboxylic acids is 1. The number of rotatable bonds is 6. The van der Waals surface area contributed by atoms with Crippen molar-refractivity contribution in [3.05, 3.63) is 23.8 Å². The number of hydrogen-bond acceptors (Lipinski definition) is 4. The van der Waals surface area contributed by atoms with Crippen molar-refractivity contribution < 1.29 is 17.9 Å². The lowest BCUT2D eigenvalue weighted by Crippen LogP contribution is -2.30.